The van der Waals surface area contributed by atoms with Crippen LogP contribution in [0.2, 0.25) is 0 Å². The van der Waals surface area contributed by atoms with Crippen LogP contribution in [0.4, 0.5) is 10.6 Å². The number of nitrogens with one attached hydrogen (secondary N) is 2. The molecule has 244 valence electrons. The number of carbonyl (C=O) groups excluding carboxylic acids is 2. The summed E-state index contributed by atoms with van der Waals surface area (Å²) in [4.78, 5) is 36.8. The first kappa shape index (κ1) is 33.0. The lowest BCUT2D eigenvalue weighted by molar-refractivity contribution is -0.119. The molecule has 0 bridgehead atoms. The third kappa shape index (κ3) is 7.88. The Morgan fingerprint density at radius 3 is 2.39 bits per heavy atom. The molecule has 2 amide bonds. The fraction of sp³-hybridized carbons (Fsp3) is 0.486. The van der Waals surface area contributed by atoms with Crippen LogP contribution in [0, 0.1) is 0 Å². The van der Waals surface area contributed by atoms with Gasteiger partial charge in [-0.25, -0.2) is 14.8 Å². The zero-order valence-electron chi connectivity index (χ0n) is 28.2. The molecular formula is C35H46N8O3. The van der Waals surface area contributed by atoms with Crippen LogP contribution < -0.4 is 15.4 Å². The van der Waals surface area contributed by atoms with Gasteiger partial charge in [-0.05, 0) is 50.2 Å². The Morgan fingerprint density at radius 2 is 1.70 bits per heavy atom. The number of ketones is 1. The van der Waals surface area contributed by atoms with Crippen LogP contribution in [-0.4, -0.2) is 61.9 Å². The average Bonchev–Trinajstić information content (AvgIpc) is 3.41. The minimum atomic E-state index is -0.347. The number of benzene rings is 1. The van der Waals surface area contributed by atoms with Crippen molar-refractivity contribution in [2.75, 3.05) is 26.0 Å². The second-order valence-electron chi connectivity index (χ2n) is 14.4. The van der Waals surface area contributed by atoms with E-state index in [1.54, 1.807) is 6.07 Å². The van der Waals surface area contributed by atoms with Crippen molar-refractivity contribution < 1.29 is 14.3 Å². The van der Waals surface area contributed by atoms with Gasteiger partial charge < -0.3 is 15.0 Å². The Hall–Kier alpha value is -4.38. The number of fused-ring (bicyclic) bond motifs is 2. The lowest BCUT2D eigenvalue weighted by atomic mass is 9.85. The summed E-state index contributed by atoms with van der Waals surface area (Å²) in [6.07, 6.45) is 3.96. The SMILES string of the molecule is CN(C)CC(=O)CCc1nc(NC(=O)N[C@H]2CC[C@@H](Oc3ccc4nnc(C(C)(C)C)n4c3)c3ccccc32)cc(C(C)(C)C)n1. The van der Waals surface area contributed by atoms with Crippen LogP contribution in [-0.2, 0) is 22.0 Å². The molecule has 0 fully saturated rings. The number of carbonyl (C=O) groups is 2. The number of anilines is 1. The molecule has 1 aliphatic rings. The van der Waals surface area contributed by atoms with E-state index in [0.29, 0.717) is 37.4 Å². The van der Waals surface area contributed by atoms with Crippen molar-refractivity contribution in [3.8, 4) is 5.75 Å². The standard InChI is InChI=1S/C35H46N8O3/c1-34(2,3)28-19-30(38-29(37-28)17-13-22(44)20-42(7)8)39-33(45)36-26-15-16-27(25-12-10-9-11-24(25)26)46-23-14-18-31-40-41-32(35(4,5)6)43(31)21-23/h9-12,14,18-19,21,26-27H,13,15-17,20H2,1-8H3,(H2,36,37,38,39,45)/t26-,27+/m0/s1. The van der Waals surface area contributed by atoms with Crippen LogP contribution >= 0.6 is 0 Å². The van der Waals surface area contributed by atoms with Gasteiger partial charge in [0.25, 0.3) is 0 Å². The summed E-state index contributed by atoms with van der Waals surface area (Å²) in [6.45, 7) is 12.9. The fourth-order valence-electron chi connectivity index (χ4n) is 5.69. The first-order valence-corrected chi connectivity index (χ1v) is 15.9. The Balaban J connectivity index is 1.30. The highest BCUT2D eigenvalue weighted by Gasteiger charge is 2.30. The first-order chi connectivity index (χ1) is 21.7. The van der Waals surface area contributed by atoms with E-state index in [0.717, 1.165) is 40.5 Å². The van der Waals surface area contributed by atoms with E-state index >= 15 is 0 Å². The summed E-state index contributed by atoms with van der Waals surface area (Å²) in [5.74, 6) is 2.68. The van der Waals surface area contributed by atoms with Crippen LogP contribution in [0.15, 0.2) is 48.7 Å². The quantitative estimate of drug-likeness (QED) is 0.233. The number of hydrogen-bond donors (Lipinski definition) is 2. The number of likely N-dealkylation sites (N-methyl/N-ethyl adjacent to an activating group) is 1. The number of hydrogen-bond acceptors (Lipinski definition) is 8. The topological polar surface area (TPSA) is 127 Å². The molecule has 1 aromatic carbocycles. The van der Waals surface area contributed by atoms with Crippen molar-refractivity contribution in [1.29, 1.82) is 0 Å². The Kier molecular flexibility index (Phi) is 9.44. The van der Waals surface area contributed by atoms with Gasteiger partial charge in [0, 0.05) is 29.7 Å². The second-order valence-corrected chi connectivity index (χ2v) is 14.4. The van der Waals surface area contributed by atoms with Crippen molar-refractivity contribution >= 4 is 23.3 Å². The maximum Gasteiger partial charge on any atom is 0.320 e. The van der Waals surface area contributed by atoms with E-state index in [1.165, 1.54) is 0 Å². The molecular weight excluding hydrogens is 580 g/mol. The van der Waals surface area contributed by atoms with Crippen LogP contribution in [0.25, 0.3) is 5.65 Å². The summed E-state index contributed by atoms with van der Waals surface area (Å²) in [5, 5.41) is 14.8. The number of Topliss-reactive ketones (excluding diaryl/α,β-unsaturated/α-hetero) is 1. The minimum absolute atomic E-state index is 0.120. The smallest absolute Gasteiger partial charge is 0.320 e. The van der Waals surface area contributed by atoms with E-state index < -0.39 is 0 Å². The zero-order chi connectivity index (χ0) is 33.2. The highest BCUT2D eigenvalue weighted by atomic mass is 16.5. The van der Waals surface area contributed by atoms with Gasteiger partial charge in [0.1, 0.15) is 35.1 Å². The Bertz CT molecular complexity index is 1720. The minimum Gasteiger partial charge on any atom is -0.484 e. The third-order valence-electron chi connectivity index (χ3n) is 7.97. The number of aryl methyl sites for hydroxylation is 1. The van der Waals surface area contributed by atoms with Crippen LogP contribution in [0.1, 0.15) is 101 Å². The summed E-state index contributed by atoms with van der Waals surface area (Å²) < 4.78 is 8.54. The number of pyridine rings is 1. The molecule has 2 N–H and O–H groups in total. The number of ether oxygens (including phenoxy) is 1. The van der Waals surface area contributed by atoms with E-state index in [1.807, 2.05) is 59.9 Å². The number of nitrogens with zero attached hydrogens (tertiary/aromatic N) is 6. The molecule has 3 aromatic heterocycles. The zero-order valence-corrected chi connectivity index (χ0v) is 28.2. The molecule has 0 saturated carbocycles. The predicted molar refractivity (Wildman–Crippen MR) is 178 cm³/mol. The molecule has 11 nitrogen and oxygen atoms in total. The summed E-state index contributed by atoms with van der Waals surface area (Å²) >= 11 is 0. The normalized spacial score (nSPS) is 16.7. The molecule has 0 radical (unpaired) electrons. The molecule has 46 heavy (non-hydrogen) atoms. The van der Waals surface area contributed by atoms with Crippen molar-refractivity contribution in [3.63, 3.8) is 0 Å². The Morgan fingerprint density at radius 1 is 0.957 bits per heavy atom. The van der Waals surface area contributed by atoms with E-state index in [4.69, 9.17) is 9.72 Å². The van der Waals surface area contributed by atoms with E-state index in [2.05, 4.69) is 73.4 Å². The Labute approximate surface area is 271 Å². The summed E-state index contributed by atoms with van der Waals surface area (Å²) in [7, 11) is 3.74. The predicted octanol–water partition coefficient (Wildman–Crippen LogP) is 5.95. The monoisotopic (exact) mass is 626 g/mol. The lowest BCUT2D eigenvalue weighted by Gasteiger charge is -2.32. The van der Waals surface area contributed by atoms with Crippen molar-refractivity contribution in [3.05, 3.63) is 77.1 Å². The van der Waals surface area contributed by atoms with Gasteiger partial charge in [0.2, 0.25) is 0 Å². The number of amides is 2. The highest BCUT2D eigenvalue weighted by molar-refractivity contribution is 5.88. The lowest BCUT2D eigenvalue weighted by Crippen LogP contribution is -2.36. The number of urea groups is 1. The molecule has 0 spiro atoms. The summed E-state index contributed by atoms with van der Waals surface area (Å²) in [6, 6.07) is 13.2. The van der Waals surface area contributed by atoms with Crippen molar-refractivity contribution in [2.45, 2.75) is 90.2 Å². The van der Waals surface area contributed by atoms with Gasteiger partial charge in [0.05, 0.1) is 24.5 Å². The van der Waals surface area contributed by atoms with Gasteiger partial charge >= 0.3 is 6.03 Å². The third-order valence-corrected chi connectivity index (χ3v) is 7.97. The molecule has 3 heterocycles. The van der Waals surface area contributed by atoms with Gasteiger partial charge in [-0.2, -0.15) is 0 Å². The second kappa shape index (κ2) is 13.2. The van der Waals surface area contributed by atoms with Gasteiger partial charge in [0.15, 0.2) is 5.65 Å². The maximum absolute atomic E-state index is 13.3. The molecule has 2 atom stereocenters. The average molecular weight is 627 g/mol. The van der Waals surface area contributed by atoms with E-state index in [-0.39, 0.29) is 34.8 Å². The fourth-order valence-corrected chi connectivity index (χ4v) is 5.69. The molecule has 1 aliphatic carbocycles. The molecule has 0 unspecified atom stereocenters. The summed E-state index contributed by atoms with van der Waals surface area (Å²) in [5.41, 5.74) is 3.22. The van der Waals surface area contributed by atoms with Crippen molar-refractivity contribution in [2.24, 2.45) is 0 Å². The molecule has 0 aliphatic heterocycles. The molecule has 11 heteroatoms. The van der Waals surface area contributed by atoms with Gasteiger partial charge in [-0.15, -0.1) is 10.2 Å². The molecule has 4 aromatic rings. The van der Waals surface area contributed by atoms with Crippen molar-refractivity contribution in [1.82, 2.24) is 34.8 Å². The number of aromatic nitrogens is 5. The van der Waals surface area contributed by atoms with E-state index in [9.17, 15) is 9.59 Å². The largest absolute Gasteiger partial charge is 0.484 e. The molecule has 5 rings (SSSR count). The molecule has 0 saturated heterocycles. The van der Waals surface area contributed by atoms with Crippen LogP contribution in [0.5, 0.6) is 5.75 Å². The maximum atomic E-state index is 13.3. The van der Waals surface area contributed by atoms with Crippen LogP contribution in [0.3, 0.4) is 0 Å². The van der Waals surface area contributed by atoms with Gasteiger partial charge in [-0.1, -0.05) is 65.8 Å². The highest BCUT2D eigenvalue weighted by Crippen LogP contribution is 2.39. The van der Waals surface area contributed by atoms with Gasteiger partial charge in [-0.3, -0.25) is 14.5 Å². The number of rotatable bonds is 9. The first-order valence-electron chi connectivity index (χ1n) is 15.9.